The Morgan fingerprint density at radius 2 is 2.22 bits per heavy atom. The summed E-state index contributed by atoms with van der Waals surface area (Å²) in [5, 5.41) is 13.5. The van der Waals surface area contributed by atoms with E-state index >= 15 is 0 Å². The van der Waals surface area contributed by atoms with E-state index in [0.717, 1.165) is 29.5 Å². The summed E-state index contributed by atoms with van der Waals surface area (Å²) >= 11 is 0. The molecule has 0 saturated carbocycles. The van der Waals surface area contributed by atoms with E-state index in [0.29, 0.717) is 6.54 Å². The molecule has 1 fully saturated rings. The van der Waals surface area contributed by atoms with Crippen LogP contribution in [0.25, 0.3) is 11.0 Å². The van der Waals surface area contributed by atoms with Crippen molar-refractivity contribution in [2.24, 2.45) is 5.92 Å². The Bertz CT molecular complexity index is 575. The minimum Gasteiger partial charge on any atom is -0.481 e. The first-order valence-electron chi connectivity index (χ1n) is 6.17. The molecule has 0 aliphatic carbocycles. The number of hydrogen-bond donors (Lipinski definition) is 2. The van der Waals surface area contributed by atoms with Crippen molar-refractivity contribution >= 4 is 16.9 Å². The molecule has 4 heteroatoms. The molecule has 2 unspecified atom stereocenters. The van der Waals surface area contributed by atoms with Crippen LogP contribution in [0.15, 0.2) is 34.9 Å². The first kappa shape index (κ1) is 11.3. The van der Waals surface area contributed by atoms with Crippen molar-refractivity contribution in [3.05, 3.63) is 36.1 Å². The average Bonchev–Trinajstić information content (AvgIpc) is 2.82. The number of carbonyl (C=O) groups is 1. The summed E-state index contributed by atoms with van der Waals surface area (Å²) in [6, 6.07) is 7.79. The van der Waals surface area contributed by atoms with E-state index in [9.17, 15) is 9.90 Å². The monoisotopic (exact) mass is 245 g/mol. The van der Waals surface area contributed by atoms with Crippen LogP contribution in [0.4, 0.5) is 0 Å². The lowest BCUT2D eigenvalue weighted by atomic mass is 9.81. The van der Waals surface area contributed by atoms with E-state index in [2.05, 4.69) is 5.32 Å². The Hall–Kier alpha value is -1.81. The van der Waals surface area contributed by atoms with Crippen LogP contribution in [-0.2, 0) is 4.79 Å². The van der Waals surface area contributed by atoms with Crippen LogP contribution in [-0.4, -0.2) is 24.2 Å². The molecule has 1 aliphatic heterocycles. The molecule has 1 aliphatic rings. The largest absolute Gasteiger partial charge is 0.481 e. The summed E-state index contributed by atoms with van der Waals surface area (Å²) in [4.78, 5) is 11.3. The highest BCUT2D eigenvalue weighted by Gasteiger charge is 2.33. The number of nitrogens with one attached hydrogen (secondary N) is 1. The third-order valence-electron chi connectivity index (χ3n) is 3.71. The van der Waals surface area contributed by atoms with Crippen molar-refractivity contribution in [2.75, 3.05) is 13.1 Å². The molecule has 2 aromatic rings. The van der Waals surface area contributed by atoms with Crippen LogP contribution in [0.5, 0.6) is 0 Å². The van der Waals surface area contributed by atoms with Crippen molar-refractivity contribution in [3.8, 4) is 0 Å². The van der Waals surface area contributed by atoms with Gasteiger partial charge in [0.1, 0.15) is 5.58 Å². The van der Waals surface area contributed by atoms with Gasteiger partial charge in [0.2, 0.25) is 0 Å². The SMILES string of the molecule is O=C(O)C1CNCCC1c1coc2ccccc12. The fourth-order valence-corrected chi connectivity index (χ4v) is 2.78. The number of carboxylic acids is 1. The molecular formula is C14H15NO3. The van der Waals surface area contributed by atoms with Gasteiger partial charge in [0.05, 0.1) is 12.2 Å². The van der Waals surface area contributed by atoms with Gasteiger partial charge in [0.15, 0.2) is 0 Å². The first-order valence-corrected chi connectivity index (χ1v) is 6.17. The maximum absolute atomic E-state index is 11.3. The number of hydrogen-bond acceptors (Lipinski definition) is 3. The molecule has 1 aromatic carbocycles. The molecule has 1 aromatic heterocycles. The number of rotatable bonds is 2. The van der Waals surface area contributed by atoms with Crippen LogP contribution in [0, 0.1) is 5.92 Å². The van der Waals surface area contributed by atoms with Crippen LogP contribution < -0.4 is 5.32 Å². The highest BCUT2D eigenvalue weighted by atomic mass is 16.4. The Morgan fingerprint density at radius 3 is 3.06 bits per heavy atom. The predicted octanol–water partition coefficient (Wildman–Crippen LogP) is 2.21. The Labute approximate surface area is 105 Å². The summed E-state index contributed by atoms with van der Waals surface area (Å²) in [5.41, 5.74) is 1.86. The summed E-state index contributed by atoms with van der Waals surface area (Å²) in [6.45, 7) is 1.38. The van der Waals surface area contributed by atoms with Gasteiger partial charge in [0, 0.05) is 23.4 Å². The first-order chi connectivity index (χ1) is 8.77. The van der Waals surface area contributed by atoms with Crippen LogP contribution in [0.3, 0.4) is 0 Å². The Kier molecular flexibility index (Phi) is 2.80. The summed E-state index contributed by atoms with van der Waals surface area (Å²) in [6.07, 6.45) is 2.55. The van der Waals surface area contributed by atoms with Gasteiger partial charge in [-0.1, -0.05) is 18.2 Å². The molecule has 18 heavy (non-hydrogen) atoms. The molecule has 0 amide bonds. The van der Waals surface area contributed by atoms with E-state index in [1.165, 1.54) is 0 Å². The lowest BCUT2D eigenvalue weighted by Crippen LogP contribution is -2.39. The maximum Gasteiger partial charge on any atom is 0.308 e. The van der Waals surface area contributed by atoms with E-state index in [4.69, 9.17) is 4.42 Å². The van der Waals surface area contributed by atoms with Gasteiger partial charge in [-0.25, -0.2) is 0 Å². The van der Waals surface area contributed by atoms with E-state index < -0.39 is 5.97 Å². The lowest BCUT2D eigenvalue weighted by molar-refractivity contribution is -0.142. The maximum atomic E-state index is 11.3. The van der Waals surface area contributed by atoms with Crippen molar-refractivity contribution in [2.45, 2.75) is 12.3 Å². The average molecular weight is 245 g/mol. The molecule has 3 rings (SSSR count). The third-order valence-corrected chi connectivity index (χ3v) is 3.71. The van der Waals surface area contributed by atoms with Crippen LogP contribution >= 0.6 is 0 Å². The zero-order valence-corrected chi connectivity index (χ0v) is 9.93. The van der Waals surface area contributed by atoms with Gasteiger partial charge >= 0.3 is 5.97 Å². The zero-order valence-electron chi connectivity index (χ0n) is 9.93. The molecular weight excluding hydrogens is 230 g/mol. The van der Waals surface area contributed by atoms with Crippen LogP contribution in [0.2, 0.25) is 0 Å². The lowest BCUT2D eigenvalue weighted by Gasteiger charge is -2.28. The van der Waals surface area contributed by atoms with E-state index in [1.54, 1.807) is 6.26 Å². The zero-order chi connectivity index (χ0) is 12.5. The smallest absolute Gasteiger partial charge is 0.308 e. The molecule has 94 valence electrons. The van der Waals surface area contributed by atoms with Gasteiger partial charge in [-0.05, 0) is 19.0 Å². The van der Waals surface area contributed by atoms with Gasteiger partial charge in [-0.3, -0.25) is 4.79 Å². The second kappa shape index (κ2) is 4.46. The number of para-hydroxylation sites is 1. The minimum absolute atomic E-state index is 0.0346. The van der Waals surface area contributed by atoms with E-state index in [-0.39, 0.29) is 11.8 Å². The molecule has 2 heterocycles. The number of fused-ring (bicyclic) bond motifs is 1. The van der Waals surface area contributed by atoms with E-state index in [1.807, 2.05) is 24.3 Å². The second-order valence-electron chi connectivity index (χ2n) is 4.73. The molecule has 2 N–H and O–H groups in total. The normalized spacial score (nSPS) is 24.2. The number of aliphatic carboxylic acids is 1. The van der Waals surface area contributed by atoms with Gasteiger partial charge in [0.25, 0.3) is 0 Å². The van der Waals surface area contributed by atoms with Gasteiger partial charge in [-0.2, -0.15) is 0 Å². The van der Waals surface area contributed by atoms with Gasteiger partial charge < -0.3 is 14.8 Å². The van der Waals surface area contributed by atoms with Crippen molar-refractivity contribution in [1.29, 1.82) is 0 Å². The highest BCUT2D eigenvalue weighted by Crippen LogP contribution is 2.36. The molecule has 0 spiro atoms. The standard InChI is InChI=1S/C14H15NO3/c16-14(17)11-7-15-6-5-9(11)12-8-18-13-4-2-1-3-10(12)13/h1-4,8-9,11,15H,5-7H2,(H,16,17). The summed E-state index contributed by atoms with van der Waals surface area (Å²) in [7, 11) is 0. The fraction of sp³-hybridized carbons (Fsp3) is 0.357. The number of benzene rings is 1. The Morgan fingerprint density at radius 1 is 1.39 bits per heavy atom. The number of carboxylic acid groups (broad SMARTS) is 1. The van der Waals surface area contributed by atoms with Crippen LogP contribution in [0.1, 0.15) is 17.9 Å². The number of piperidine rings is 1. The molecule has 1 saturated heterocycles. The molecule has 0 radical (unpaired) electrons. The summed E-state index contributed by atoms with van der Waals surface area (Å²) in [5.74, 6) is -1.08. The summed E-state index contributed by atoms with van der Waals surface area (Å²) < 4.78 is 5.52. The third kappa shape index (κ3) is 1.78. The van der Waals surface area contributed by atoms with Gasteiger partial charge in [-0.15, -0.1) is 0 Å². The Balaban J connectivity index is 2.04. The van der Waals surface area contributed by atoms with Crippen molar-refractivity contribution in [1.82, 2.24) is 5.32 Å². The predicted molar refractivity (Wildman–Crippen MR) is 67.6 cm³/mol. The number of furan rings is 1. The molecule has 2 atom stereocenters. The fourth-order valence-electron chi connectivity index (χ4n) is 2.78. The van der Waals surface area contributed by atoms with Crippen molar-refractivity contribution in [3.63, 3.8) is 0 Å². The quantitative estimate of drug-likeness (QED) is 0.851. The molecule has 4 nitrogen and oxygen atoms in total. The topological polar surface area (TPSA) is 62.5 Å². The minimum atomic E-state index is -0.738. The highest BCUT2D eigenvalue weighted by molar-refractivity contribution is 5.83. The van der Waals surface area contributed by atoms with Crippen molar-refractivity contribution < 1.29 is 14.3 Å². The second-order valence-corrected chi connectivity index (χ2v) is 4.73. The molecule has 0 bridgehead atoms.